The molecular formula is C18H25FN4O3. The Labute approximate surface area is 152 Å². The van der Waals surface area contributed by atoms with Crippen molar-refractivity contribution in [1.82, 2.24) is 14.7 Å². The van der Waals surface area contributed by atoms with Crippen LogP contribution >= 0.6 is 0 Å². The van der Waals surface area contributed by atoms with Crippen LogP contribution in [0.3, 0.4) is 0 Å². The highest BCUT2D eigenvalue weighted by Gasteiger charge is 2.30. The number of ether oxygens (including phenoxy) is 1. The summed E-state index contributed by atoms with van der Waals surface area (Å²) in [6.07, 6.45) is 0. The number of halogens is 1. The van der Waals surface area contributed by atoms with Crippen molar-refractivity contribution in [2.45, 2.75) is 6.04 Å². The van der Waals surface area contributed by atoms with Crippen LogP contribution in [0.1, 0.15) is 11.6 Å². The van der Waals surface area contributed by atoms with Crippen molar-refractivity contribution < 1.29 is 18.7 Å². The van der Waals surface area contributed by atoms with Crippen LogP contribution in [0.25, 0.3) is 0 Å². The Balaban J connectivity index is 1.56. The monoisotopic (exact) mass is 364 g/mol. The smallest absolute Gasteiger partial charge is 0.239 e. The molecule has 2 amide bonds. The molecule has 142 valence electrons. The second-order valence-corrected chi connectivity index (χ2v) is 6.66. The third kappa shape index (κ3) is 4.57. The minimum Gasteiger partial charge on any atom is -0.379 e. The number of benzene rings is 1. The highest BCUT2D eigenvalue weighted by atomic mass is 19.1. The first-order chi connectivity index (χ1) is 12.5. The Morgan fingerprint density at radius 3 is 2.23 bits per heavy atom. The average molecular weight is 364 g/mol. The number of carbonyl (C=O) groups is 2. The van der Waals surface area contributed by atoms with E-state index in [1.54, 1.807) is 12.1 Å². The molecule has 2 saturated heterocycles. The summed E-state index contributed by atoms with van der Waals surface area (Å²) in [6, 6.07) is 5.22. The second kappa shape index (κ2) is 8.57. The summed E-state index contributed by atoms with van der Waals surface area (Å²) in [7, 11) is 0. The number of morpholine rings is 1. The van der Waals surface area contributed by atoms with Crippen LogP contribution < -0.4 is 5.73 Å². The summed E-state index contributed by atoms with van der Waals surface area (Å²) in [5.74, 6) is -0.718. The Hall–Kier alpha value is -2.03. The maximum atomic E-state index is 13.1. The lowest BCUT2D eigenvalue weighted by Crippen LogP contribution is -2.54. The van der Waals surface area contributed by atoms with E-state index in [2.05, 4.69) is 4.90 Å². The van der Waals surface area contributed by atoms with Crippen molar-refractivity contribution in [3.63, 3.8) is 0 Å². The number of nitrogens with zero attached hydrogens (tertiary/aromatic N) is 3. The van der Waals surface area contributed by atoms with Gasteiger partial charge in [-0.05, 0) is 17.7 Å². The molecule has 2 heterocycles. The standard InChI is InChI=1S/C18H25FN4O3/c19-15-3-1-14(2-4-15)17(18(20)25)23-7-5-22(6-8-23)16(24)13-21-9-11-26-12-10-21/h1-4,17H,5-13H2,(H2,20,25). The third-order valence-electron chi connectivity index (χ3n) is 4.95. The number of piperazine rings is 1. The zero-order chi connectivity index (χ0) is 18.5. The number of rotatable bonds is 5. The van der Waals surface area contributed by atoms with Gasteiger partial charge in [-0.3, -0.25) is 19.4 Å². The normalized spacial score (nSPS) is 20.7. The zero-order valence-electron chi connectivity index (χ0n) is 14.8. The Kier molecular flexibility index (Phi) is 6.18. The minimum absolute atomic E-state index is 0.101. The lowest BCUT2D eigenvalue weighted by atomic mass is 10.0. The van der Waals surface area contributed by atoms with Gasteiger partial charge in [0.25, 0.3) is 0 Å². The van der Waals surface area contributed by atoms with Crippen molar-refractivity contribution in [3.05, 3.63) is 35.6 Å². The van der Waals surface area contributed by atoms with Crippen molar-refractivity contribution in [1.29, 1.82) is 0 Å². The van der Waals surface area contributed by atoms with Gasteiger partial charge >= 0.3 is 0 Å². The molecule has 2 aliphatic rings. The molecule has 26 heavy (non-hydrogen) atoms. The fourth-order valence-electron chi connectivity index (χ4n) is 3.48. The zero-order valence-corrected chi connectivity index (χ0v) is 14.8. The Morgan fingerprint density at radius 1 is 1.04 bits per heavy atom. The number of primary amides is 1. The van der Waals surface area contributed by atoms with Gasteiger partial charge in [-0.25, -0.2) is 4.39 Å². The molecule has 1 unspecified atom stereocenters. The molecule has 0 aliphatic carbocycles. The quantitative estimate of drug-likeness (QED) is 0.785. The summed E-state index contributed by atoms with van der Waals surface area (Å²) < 4.78 is 18.4. The summed E-state index contributed by atoms with van der Waals surface area (Å²) in [4.78, 5) is 30.3. The van der Waals surface area contributed by atoms with Gasteiger partial charge in [-0.1, -0.05) is 12.1 Å². The number of nitrogens with two attached hydrogens (primary N) is 1. The van der Waals surface area contributed by atoms with Gasteiger partial charge in [0.15, 0.2) is 0 Å². The molecule has 1 aromatic carbocycles. The van der Waals surface area contributed by atoms with E-state index in [-0.39, 0.29) is 11.7 Å². The summed E-state index contributed by atoms with van der Waals surface area (Å²) in [5, 5.41) is 0. The molecule has 8 heteroatoms. The van der Waals surface area contributed by atoms with Gasteiger partial charge in [0.2, 0.25) is 11.8 Å². The first-order valence-corrected chi connectivity index (χ1v) is 8.91. The van der Waals surface area contributed by atoms with E-state index in [4.69, 9.17) is 10.5 Å². The highest BCUT2D eigenvalue weighted by Crippen LogP contribution is 2.22. The van der Waals surface area contributed by atoms with Crippen LogP contribution in [0.2, 0.25) is 0 Å². The number of amides is 2. The molecule has 2 fully saturated rings. The second-order valence-electron chi connectivity index (χ2n) is 6.66. The van der Waals surface area contributed by atoms with Crippen molar-refractivity contribution in [3.8, 4) is 0 Å². The average Bonchev–Trinajstić information content (AvgIpc) is 2.64. The van der Waals surface area contributed by atoms with Gasteiger partial charge in [-0.2, -0.15) is 0 Å². The van der Waals surface area contributed by atoms with Crippen molar-refractivity contribution in [2.75, 3.05) is 59.0 Å². The molecule has 7 nitrogen and oxygen atoms in total. The first kappa shape index (κ1) is 18.8. The minimum atomic E-state index is -0.605. The molecule has 0 spiro atoms. The summed E-state index contributed by atoms with van der Waals surface area (Å²) in [5.41, 5.74) is 6.26. The van der Waals surface area contributed by atoms with Crippen LogP contribution in [0.15, 0.2) is 24.3 Å². The fraction of sp³-hybridized carbons (Fsp3) is 0.556. The van der Waals surface area contributed by atoms with Gasteiger partial charge in [0.05, 0.1) is 19.8 Å². The van der Waals surface area contributed by atoms with Gasteiger partial charge in [0, 0.05) is 39.3 Å². The molecule has 0 bridgehead atoms. The van der Waals surface area contributed by atoms with Crippen molar-refractivity contribution in [2.24, 2.45) is 5.73 Å². The molecule has 2 N–H and O–H groups in total. The molecule has 0 saturated carbocycles. The van der Waals surface area contributed by atoms with E-state index in [9.17, 15) is 14.0 Å². The molecule has 0 aromatic heterocycles. The van der Waals surface area contributed by atoms with Crippen LogP contribution in [-0.4, -0.2) is 85.5 Å². The Morgan fingerprint density at radius 2 is 1.65 bits per heavy atom. The van der Waals surface area contributed by atoms with Crippen LogP contribution in [0, 0.1) is 5.82 Å². The molecule has 3 rings (SSSR count). The van der Waals surface area contributed by atoms with E-state index < -0.39 is 11.9 Å². The van der Waals surface area contributed by atoms with E-state index in [1.807, 2.05) is 9.80 Å². The van der Waals surface area contributed by atoms with E-state index in [1.165, 1.54) is 12.1 Å². The third-order valence-corrected chi connectivity index (χ3v) is 4.95. The van der Waals surface area contributed by atoms with E-state index in [0.717, 1.165) is 13.1 Å². The maximum absolute atomic E-state index is 13.1. The summed E-state index contributed by atoms with van der Waals surface area (Å²) in [6.45, 7) is 5.50. The van der Waals surface area contributed by atoms with Gasteiger partial charge in [-0.15, -0.1) is 0 Å². The topological polar surface area (TPSA) is 79.1 Å². The van der Waals surface area contributed by atoms with Crippen LogP contribution in [-0.2, 0) is 14.3 Å². The SMILES string of the molecule is NC(=O)C(c1ccc(F)cc1)N1CCN(C(=O)CN2CCOCC2)CC1. The fourth-order valence-corrected chi connectivity index (χ4v) is 3.48. The lowest BCUT2D eigenvalue weighted by molar-refractivity contribution is -0.136. The van der Waals surface area contributed by atoms with Crippen LogP contribution in [0.4, 0.5) is 4.39 Å². The van der Waals surface area contributed by atoms with E-state index in [0.29, 0.717) is 51.5 Å². The molecule has 0 radical (unpaired) electrons. The lowest BCUT2D eigenvalue weighted by Gasteiger charge is -2.39. The largest absolute Gasteiger partial charge is 0.379 e. The van der Waals surface area contributed by atoms with Gasteiger partial charge in [0.1, 0.15) is 11.9 Å². The number of hydrogen-bond acceptors (Lipinski definition) is 5. The van der Waals surface area contributed by atoms with Crippen molar-refractivity contribution >= 4 is 11.8 Å². The predicted octanol–water partition coefficient (Wildman–Crippen LogP) is -0.171. The van der Waals surface area contributed by atoms with Gasteiger partial charge < -0.3 is 15.4 Å². The predicted molar refractivity (Wildman–Crippen MR) is 93.7 cm³/mol. The molecule has 1 aromatic rings. The number of carbonyl (C=O) groups excluding carboxylic acids is 2. The number of hydrogen-bond donors (Lipinski definition) is 1. The molecular weight excluding hydrogens is 339 g/mol. The van der Waals surface area contributed by atoms with Crippen LogP contribution in [0.5, 0.6) is 0 Å². The van der Waals surface area contributed by atoms with E-state index >= 15 is 0 Å². The highest BCUT2D eigenvalue weighted by molar-refractivity contribution is 5.81. The molecule has 1 atom stereocenters. The maximum Gasteiger partial charge on any atom is 0.239 e. The Bertz CT molecular complexity index is 626. The summed E-state index contributed by atoms with van der Waals surface area (Å²) >= 11 is 0. The molecule has 2 aliphatic heterocycles. The first-order valence-electron chi connectivity index (χ1n) is 8.91.